The van der Waals surface area contributed by atoms with Crippen LogP contribution in [0.1, 0.15) is 17.9 Å². The second-order valence-corrected chi connectivity index (χ2v) is 3.25. The van der Waals surface area contributed by atoms with Crippen LogP contribution in [0.15, 0.2) is 24.3 Å². The van der Waals surface area contributed by atoms with Gasteiger partial charge in [0.05, 0.1) is 0 Å². The topological polar surface area (TPSA) is 49.3 Å². The Labute approximate surface area is 83.8 Å². The molecule has 2 N–H and O–H groups in total. The third-order valence-electron chi connectivity index (χ3n) is 2.20. The molecule has 76 valence electrons. The van der Waals surface area contributed by atoms with Crippen LogP contribution in [0.2, 0.25) is 0 Å². The number of aromatic hydroxyl groups is 1. The zero-order valence-corrected chi connectivity index (χ0v) is 8.23. The second kappa shape index (κ2) is 5.40. The monoisotopic (exact) mass is 193 g/mol. The Kier molecular flexibility index (Phi) is 4.13. The molecule has 0 aliphatic carbocycles. The lowest BCUT2D eigenvalue weighted by Gasteiger charge is -2.13. The Balaban J connectivity index is 2.76. The molecule has 0 fully saturated rings. The van der Waals surface area contributed by atoms with E-state index in [9.17, 15) is 4.79 Å². The van der Waals surface area contributed by atoms with Crippen LogP contribution in [-0.4, -0.2) is 25.0 Å². The molecule has 0 bridgehead atoms. The number of carbonyl (C=O) groups is 1. The first-order chi connectivity index (χ1) is 6.77. The van der Waals surface area contributed by atoms with E-state index in [1.165, 1.54) is 0 Å². The maximum Gasteiger partial charge on any atom is 0.120 e. The molecule has 0 amide bonds. The van der Waals surface area contributed by atoms with E-state index in [0.717, 1.165) is 18.4 Å². The fourth-order valence-electron chi connectivity index (χ4n) is 1.45. The molecule has 0 aromatic heterocycles. The van der Waals surface area contributed by atoms with Crippen LogP contribution in [0, 0.1) is 0 Å². The van der Waals surface area contributed by atoms with E-state index in [4.69, 9.17) is 5.11 Å². The van der Waals surface area contributed by atoms with Crippen molar-refractivity contribution < 1.29 is 9.90 Å². The standard InChI is InChI=1S/C11H15NO2/c1-12-8-10(6-7-13)9-2-4-11(14)5-3-9/h2-5,7,10,12,14H,6,8H2,1H3. The number of phenolic OH excluding ortho intramolecular Hbond substituents is 1. The summed E-state index contributed by atoms with van der Waals surface area (Å²) >= 11 is 0. The Morgan fingerprint density at radius 2 is 2.07 bits per heavy atom. The van der Waals surface area contributed by atoms with Crippen molar-refractivity contribution in [2.75, 3.05) is 13.6 Å². The molecule has 1 aromatic rings. The molecule has 14 heavy (non-hydrogen) atoms. The number of carbonyl (C=O) groups excluding carboxylic acids is 1. The first kappa shape index (κ1) is 10.7. The normalized spacial score (nSPS) is 12.4. The van der Waals surface area contributed by atoms with Crippen molar-refractivity contribution in [1.29, 1.82) is 0 Å². The minimum Gasteiger partial charge on any atom is -0.508 e. The van der Waals surface area contributed by atoms with Crippen LogP contribution >= 0.6 is 0 Å². The number of benzene rings is 1. The van der Waals surface area contributed by atoms with Crippen LogP contribution in [0.25, 0.3) is 0 Å². The van der Waals surface area contributed by atoms with Crippen molar-refractivity contribution in [1.82, 2.24) is 5.32 Å². The minimum atomic E-state index is 0.193. The number of likely N-dealkylation sites (N-methyl/N-ethyl adjacent to an activating group) is 1. The van der Waals surface area contributed by atoms with Gasteiger partial charge in [0.2, 0.25) is 0 Å². The van der Waals surface area contributed by atoms with Crippen molar-refractivity contribution in [3.63, 3.8) is 0 Å². The van der Waals surface area contributed by atoms with Gasteiger partial charge in [0.15, 0.2) is 0 Å². The van der Waals surface area contributed by atoms with Gasteiger partial charge in [0, 0.05) is 18.9 Å². The van der Waals surface area contributed by atoms with E-state index >= 15 is 0 Å². The lowest BCUT2D eigenvalue weighted by atomic mass is 9.96. The molecule has 0 saturated heterocycles. The van der Waals surface area contributed by atoms with E-state index in [2.05, 4.69) is 5.32 Å². The summed E-state index contributed by atoms with van der Waals surface area (Å²) in [5.74, 6) is 0.446. The summed E-state index contributed by atoms with van der Waals surface area (Å²) in [4.78, 5) is 10.5. The lowest BCUT2D eigenvalue weighted by Crippen LogP contribution is -2.17. The van der Waals surface area contributed by atoms with Crippen molar-refractivity contribution in [2.45, 2.75) is 12.3 Å². The molecule has 1 atom stereocenters. The molecule has 1 unspecified atom stereocenters. The van der Waals surface area contributed by atoms with Gasteiger partial charge in [-0.25, -0.2) is 0 Å². The predicted octanol–water partition coefficient (Wildman–Crippen LogP) is 1.28. The molecule has 0 saturated carbocycles. The second-order valence-electron chi connectivity index (χ2n) is 3.25. The Morgan fingerprint density at radius 3 is 2.57 bits per heavy atom. The van der Waals surface area contributed by atoms with Gasteiger partial charge in [-0.15, -0.1) is 0 Å². The maximum absolute atomic E-state index is 10.5. The van der Waals surface area contributed by atoms with Gasteiger partial charge in [0.25, 0.3) is 0 Å². The molecular weight excluding hydrogens is 178 g/mol. The molecule has 0 spiro atoms. The van der Waals surface area contributed by atoms with Gasteiger partial charge in [-0.2, -0.15) is 0 Å². The zero-order valence-electron chi connectivity index (χ0n) is 8.23. The van der Waals surface area contributed by atoms with Gasteiger partial charge in [-0.05, 0) is 24.7 Å². The zero-order chi connectivity index (χ0) is 10.4. The first-order valence-corrected chi connectivity index (χ1v) is 4.65. The fraction of sp³-hybridized carbons (Fsp3) is 0.364. The number of phenols is 1. The highest BCUT2D eigenvalue weighted by Crippen LogP contribution is 2.20. The van der Waals surface area contributed by atoms with E-state index in [0.29, 0.717) is 6.42 Å². The van der Waals surface area contributed by atoms with Crippen LogP contribution in [0.5, 0.6) is 5.75 Å². The number of aldehydes is 1. The molecule has 0 heterocycles. The van der Waals surface area contributed by atoms with Gasteiger partial charge < -0.3 is 15.2 Å². The largest absolute Gasteiger partial charge is 0.508 e. The molecular formula is C11H15NO2. The molecule has 3 heteroatoms. The summed E-state index contributed by atoms with van der Waals surface area (Å²) in [5, 5.41) is 12.2. The summed E-state index contributed by atoms with van der Waals surface area (Å²) in [6, 6.07) is 6.98. The summed E-state index contributed by atoms with van der Waals surface area (Å²) in [5.41, 5.74) is 1.07. The average molecular weight is 193 g/mol. The molecule has 1 rings (SSSR count). The lowest BCUT2D eigenvalue weighted by molar-refractivity contribution is -0.108. The number of rotatable bonds is 5. The molecule has 1 aromatic carbocycles. The number of nitrogens with one attached hydrogen (secondary N) is 1. The fourth-order valence-corrected chi connectivity index (χ4v) is 1.45. The van der Waals surface area contributed by atoms with Crippen molar-refractivity contribution >= 4 is 6.29 Å². The minimum absolute atomic E-state index is 0.193. The van der Waals surface area contributed by atoms with Gasteiger partial charge in [-0.3, -0.25) is 0 Å². The summed E-state index contributed by atoms with van der Waals surface area (Å²) in [6.45, 7) is 0.767. The molecule has 0 aliphatic heterocycles. The van der Waals surface area contributed by atoms with Gasteiger partial charge >= 0.3 is 0 Å². The SMILES string of the molecule is CNCC(CC=O)c1ccc(O)cc1. The third-order valence-corrected chi connectivity index (χ3v) is 2.20. The highest BCUT2D eigenvalue weighted by molar-refractivity contribution is 5.52. The van der Waals surface area contributed by atoms with Crippen molar-refractivity contribution in [2.24, 2.45) is 0 Å². The Hall–Kier alpha value is -1.35. The molecule has 3 nitrogen and oxygen atoms in total. The van der Waals surface area contributed by atoms with Crippen LogP contribution in [0.4, 0.5) is 0 Å². The average Bonchev–Trinajstić information content (AvgIpc) is 2.19. The third kappa shape index (κ3) is 2.85. The van der Waals surface area contributed by atoms with E-state index in [-0.39, 0.29) is 11.7 Å². The van der Waals surface area contributed by atoms with Crippen molar-refractivity contribution in [3.05, 3.63) is 29.8 Å². The number of hydrogen-bond acceptors (Lipinski definition) is 3. The molecule has 0 radical (unpaired) electrons. The van der Waals surface area contributed by atoms with E-state index in [1.54, 1.807) is 12.1 Å². The first-order valence-electron chi connectivity index (χ1n) is 4.65. The highest BCUT2D eigenvalue weighted by Gasteiger charge is 2.09. The van der Waals surface area contributed by atoms with Gasteiger partial charge in [0.1, 0.15) is 12.0 Å². The summed E-state index contributed by atoms with van der Waals surface area (Å²) in [7, 11) is 1.86. The highest BCUT2D eigenvalue weighted by atomic mass is 16.3. The Morgan fingerprint density at radius 1 is 1.43 bits per heavy atom. The van der Waals surface area contributed by atoms with Crippen LogP contribution in [-0.2, 0) is 4.79 Å². The predicted molar refractivity (Wildman–Crippen MR) is 55.5 cm³/mol. The van der Waals surface area contributed by atoms with E-state index < -0.39 is 0 Å². The van der Waals surface area contributed by atoms with Gasteiger partial charge in [-0.1, -0.05) is 12.1 Å². The van der Waals surface area contributed by atoms with Crippen LogP contribution in [0.3, 0.4) is 0 Å². The maximum atomic E-state index is 10.5. The van der Waals surface area contributed by atoms with Crippen molar-refractivity contribution in [3.8, 4) is 5.75 Å². The van der Waals surface area contributed by atoms with Crippen LogP contribution < -0.4 is 5.32 Å². The quantitative estimate of drug-likeness (QED) is 0.693. The summed E-state index contributed by atoms with van der Waals surface area (Å²) in [6.07, 6.45) is 1.43. The Bertz CT molecular complexity index is 282. The smallest absolute Gasteiger partial charge is 0.120 e. The number of hydrogen-bond donors (Lipinski definition) is 2. The van der Waals surface area contributed by atoms with E-state index in [1.807, 2.05) is 19.2 Å². The summed E-state index contributed by atoms with van der Waals surface area (Å²) < 4.78 is 0. The molecule has 0 aliphatic rings.